The highest BCUT2D eigenvalue weighted by molar-refractivity contribution is 6.30. The fraction of sp³-hybridized carbons (Fsp3) is 0.478. The highest BCUT2D eigenvalue weighted by atomic mass is 35.5. The Hall–Kier alpha value is -2.27. The molecule has 154 valence electrons. The van der Waals surface area contributed by atoms with Crippen LogP contribution in [0.4, 0.5) is 0 Å². The summed E-state index contributed by atoms with van der Waals surface area (Å²) in [6.45, 7) is 3.72. The van der Waals surface area contributed by atoms with E-state index in [0.29, 0.717) is 24.3 Å². The van der Waals surface area contributed by atoms with Gasteiger partial charge in [0, 0.05) is 48.4 Å². The molecular formula is C23H28ClN3O2. The van der Waals surface area contributed by atoms with Gasteiger partial charge in [0.05, 0.1) is 6.04 Å². The molecule has 0 aliphatic carbocycles. The Balaban J connectivity index is 1.45. The number of halogens is 1. The van der Waals surface area contributed by atoms with Gasteiger partial charge in [-0.15, -0.1) is 0 Å². The second kappa shape index (κ2) is 8.23. The lowest BCUT2D eigenvalue weighted by atomic mass is 9.84. The fourth-order valence-electron chi connectivity index (χ4n) is 4.86. The van der Waals surface area contributed by atoms with E-state index in [4.69, 9.17) is 11.6 Å². The van der Waals surface area contributed by atoms with Gasteiger partial charge in [0.25, 0.3) is 0 Å². The van der Waals surface area contributed by atoms with Gasteiger partial charge in [-0.3, -0.25) is 9.59 Å². The molecule has 0 bridgehead atoms. The molecule has 2 aliphatic rings. The van der Waals surface area contributed by atoms with Gasteiger partial charge in [0.2, 0.25) is 11.8 Å². The molecule has 2 amide bonds. The molecule has 0 saturated carbocycles. The van der Waals surface area contributed by atoms with Crippen molar-refractivity contribution < 1.29 is 9.59 Å². The van der Waals surface area contributed by atoms with Crippen LogP contribution in [0.1, 0.15) is 56.3 Å². The van der Waals surface area contributed by atoms with E-state index in [0.717, 1.165) is 37.9 Å². The number of rotatable bonds is 6. The van der Waals surface area contributed by atoms with E-state index in [2.05, 4.69) is 35.1 Å². The summed E-state index contributed by atoms with van der Waals surface area (Å²) in [7, 11) is 0. The Morgan fingerprint density at radius 2 is 2.03 bits per heavy atom. The summed E-state index contributed by atoms with van der Waals surface area (Å²) in [5, 5.41) is 3.88. The summed E-state index contributed by atoms with van der Waals surface area (Å²) >= 11 is 6.01. The minimum Gasteiger partial charge on any atom is -0.350 e. The number of hydrogen-bond donors (Lipinski definition) is 1. The number of hydrogen-bond acceptors (Lipinski definition) is 2. The van der Waals surface area contributed by atoms with Crippen molar-refractivity contribution >= 4 is 23.4 Å². The van der Waals surface area contributed by atoms with Gasteiger partial charge in [0.1, 0.15) is 0 Å². The van der Waals surface area contributed by atoms with Gasteiger partial charge >= 0.3 is 0 Å². The summed E-state index contributed by atoms with van der Waals surface area (Å²) in [6, 6.07) is 12.1. The van der Waals surface area contributed by atoms with E-state index in [9.17, 15) is 9.59 Å². The summed E-state index contributed by atoms with van der Waals surface area (Å²) in [5.74, 6) is 0.259. The number of amides is 2. The number of carbonyl (C=O) groups excluding carboxylic acids is 2. The topological polar surface area (TPSA) is 54.3 Å². The van der Waals surface area contributed by atoms with Gasteiger partial charge < -0.3 is 14.8 Å². The van der Waals surface area contributed by atoms with Crippen LogP contribution in [-0.4, -0.2) is 33.4 Å². The van der Waals surface area contributed by atoms with Gasteiger partial charge in [-0.1, -0.05) is 30.7 Å². The van der Waals surface area contributed by atoms with Crippen LogP contribution in [0.25, 0.3) is 0 Å². The highest BCUT2D eigenvalue weighted by Crippen LogP contribution is 2.33. The molecule has 2 aliphatic heterocycles. The lowest BCUT2D eigenvalue weighted by molar-refractivity contribution is -0.135. The number of nitrogens with one attached hydrogen (secondary N) is 1. The largest absolute Gasteiger partial charge is 0.350 e. The van der Waals surface area contributed by atoms with E-state index in [-0.39, 0.29) is 23.4 Å². The number of fused-ring (bicyclic) bond motifs is 1. The summed E-state index contributed by atoms with van der Waals surface area (Å²) in [5.41, 5.74) is 2.00. The van der Waals surface area contributed by atoms with Crippen molar-refractivity contribution in [1.29, 1.82) is 0 Å². The normalized spacial score (nSPS) is 23.7. The van der Waals surface area contributed by atoms with Gasteiger partial charge in [-0.05, 0) is 55.5 Å². The van der Waals surface area contributed by atoms with E-state index in [1.54, 1.807) is 0 Å². The number of carbonyl (C=O) groups is 2. The molecule has 5 nitrogen and oxygen atoms in total. The smallest absolute Gasteiger partial charge is 0.223 e. The molecule has 4 rings (SSSR count). The molecular weight excluding hydrogens is 386 g/mol. The molecule has 2 aromatic rings. The monoisotopic (exact) mass is 413 g/mol. The van der Waals surface area contributed by atoms with Crippen molar-refractivity contribution in [2.24, 2.45) is 0 Å². The molecule has 3 heterocycles. The molecule has 1 saturated heterocycles. The molecule has 6 heteroatoms. The van der Waals surface area contributed by atoms with E-state index < -0.39 is 0 Å². The maximum Gasteiger partial charge on any atom is 0.223 e. The molecule has 29 heavy (non-hydrogen) atoms. The predicted octanol–water partition coefficient (Wildman–Crippen LogP) is 4.11. The van der Waals surface area contributed by atoms with E-state index in [1.807, 2.05) is 29.2 Å². The Morgan fingerprint density at radius 3 is 2.72 bits per heavy atom. The SMILES string of the molecule is CCC1c2cccn2CCN1C(=O)CCC1(Cc2ccc(Cl)cc2)CCC(=O)N1. The van der Waals surface area contributed by atoms with Crippen LogP contribution in [0, 0.1) is 0 Å². The third-order valence-corrected chi connectivity index (χ3v) is 6.63. The predicted molar refractivity (Wildman–Crippen MR) is 114 cm³/mol. The lowest BCUT2D eigenvalue weighted by Gasteiger charge is -2.37. The average Bonchev–Trinajstić information content (AvgIpc) is 3.34. The Bertz CT molecular complexity index is 892. The molecule has 0 spiro atoms. The van der Waals surface area contributed by atoms with Crippen molar-refractivity contribution in [3.05, 3.63) is 58.9 Å². The first-order valence-electron chi connectivity index (χ1n) is 10.5. The quantitative estimate of drug-likeness (QED) is 0.774. The van der Waals surface area contributed by atoms with Crippen molar-refractivity contribution in [2.75, 3.05) is 6.54 Å². The lowest BCUT2D eigenvalue weighted by Crippen LogP contribution is -2.46. The molecule has 1 N–H and O–H groups in total. The second-order valence-corrected chi connectivity index (χ2v) is 8.71. The van der Waals surface area contributed by atoms with Crippen molar-refractivity contribution in [3.8, 4) is 0 Å². The maximum atomic E-state index is 13.2. The van der Waals surface area contributed by atoms with Crippen LogP contribution >= 0.6 is 11.6 Å². The number of benzene rings is 1. The van der Waals surface area contributed by atoms with Crippen LogP contribution in [0.2, 0.25) is 5.02 Å². The first kappa shape index (κ1) is 20.0. The summed E-state index contributed by atoms with van der Waals surface area (Å²) < 4.78 is 2.25. The maximum absolute atomic E-state index is 13.2. The molecule has 2 unspecified atom stereocenters. The highest BCUT2D eigenvalue weighted by Gasteiger charge is 2.39. The van der Waals surface area contributed by atoms with Gasteiger partial charge in [-0.2, -0.15) is 0 Å². The van der Waals surface area contributed by atoms with Gasteiger partial charge in [0.15, 0.2) is 0 Å². The van der Waals surface area contributed by atoms with Crippen LogP contribution in [0.15, 0.2) is 42.6 Å². The zero-order valence-electron chi connectivity index (χ0n) is 16.9. The van der Waals surface area contributed by atoms with Gasteiger partial charge in [-0.25, -0.2) is 0 Å². The molecule has 2 atom stereocenters. The molecule has 1 aromatic heterocycles. The first-order chi connectivity index (χ1) is 14.0. The second-order valence-electron chi connectivity index (χ2n) is 8.27. The van der Waals surface area contributed by atoms with E-state index in [1.165, 1.54) is 5.69 Å². The fourth-order valence-corrected chi connectivity index (χ4v) is 4.98. The minimum atomic E-state index is -0.349. The zero-order valence-corrected chi connectivity index (χ0v) is 17.6. The number of nitrogens with zero attached hydrogens (tertiary/aromatic N) is 2. The average molecular weight is 414 g/mol. The summed E-state index contributed by atoms with van der Waals surface area (Å²) in [6.07, 6.45) is 6.12. The van der Waals surface area contributed by atoms with E-state index >= 15 is 0 Å². The Kier molecular flexibility index (Phi) is 5.68. The molecule has 1 aromatic carbocycles. The van der Waals surface area contributed by atoms with Crippen LogP contribution in [0.3, 0.4) is 0 Å². The van der Waals surface area contributed by atoms with Crippen molar-refractivity contribution in [1.82, 2.24) is 14.8 Å². The molecule has 1 fully saturated rings. The zero-order chi connectivity index (χ0) is 20.4. The third kappa shape index (κ3) is 4.20. The van der Waals surface area contributed by atoms with Crippen LogP contribution < -0.4 is 5.32 Å². The van der Waals surface area contributed by atoms with Crippen molar-refractivity contribution in [2.45, 2.75) is 63.6 Å². The first-order valence-corrected chi connectivity index (χ1v) is 10.9. The van der Waals surface area contributed by atoms with Crippen LogP contribution in [0.5, 0.6) is 0 Å². The van der Waals surface area contributed by atoms with Crippen molar-refractivity contribution in [3.63, 3.8) is 0 Å². The van der Waals surface area contributed by atoms with Crippen LogP contribution in [-0.2, 0) is 22.6 Å². The minimum absolute atomic E-state index is 0.0775. The summed E-state index contributed by atoms with van der Waals surface area (Å²) in [4.78, 5) is 27.2. The Morgan fingerprint density at radius 1 is 1.24 bits per heavy atom. The number of aromatic nitrogens is 1. The third-order valence-electron chi connectivity index (χ3n) is 6.38. The Labute approximate surface area is 177 Å². The molecule has 0 radical (unpaired) electrons. The standard InChI is InChI=1S/C23H28ClN3O2/c1-2-19-20-4-3-13-26(20)14-15-27(19)22(29)10-12-23(11-9-21(28)25-23)16-17-5-7-18(24)8-6-17/h3-8,13,19H,2,9-12,14-16H2,1H3,(H,25,28).